The van der Waals surface area contributed by atoms with Gasteiger partial charge in [0.1, 0.15) is 95.5 Å². The van der Waals surface area contributed by atoms with Crippen LogP contribution >= 0.6 is 0 Å². The molecule has 12 aromatic rings. The summed E-state index contributed by atoms with van der Waals surface area (Å²) in [4.78, 5) is 40.6. The van der Waals surface area contributed by atoms with E-state index in [4.69, 9.17) is 73.3 Å². The molecule has 0 radical (unpaired) electrons. The van der Waals surface area contributed by atoms with Crippen molar-refractivity contribution in [3.8, 4) is 11.5 Å². The number of nitrogens with zero attached hydrogens (tertiary/aromatic N) is 12. The van der Waals surface area contributed by atoms with Gasteiger partial charge in [-0.15, -0.1) is 0 Å². The second-order valence-electron chi connectivity index (χ2n) is 32.2. The number of nitrogen functional groups attached to an aromatic ring is 1. The summed E-state index contributed by atoms with van der Waals surface area (Å²) < 4.78 is 90.3. The molecule has 2 aliphatic carbocycles. The smallest absolute Gasteiger partial charge is 0.170 e. The normalized spacial score (nSPS) is 27.1. The lowest BCUT2D eigenvalue weighted by atomic mass is 9.77. The van der Waals surface area contributed by atoms with Gasteiger partial charge < -0.3 is 79.4 Å². The van der Waals surface area contributed by atoms with Crippen molar-refractivity contribution in [1.82, 2.24) is 58.6 Å². The van der Waals surface area contributed by atoms with E-state index >= 15 is 0 Å². The standard InChI is InChI=1S/C39H43N5O4.C37H38FN5O5.C12H16FN5O4/c1-5-37(6-2)34-36(3,48-38(46-34)23-13-14-24-38)35(47-37)44-26-42-31-32(40-25-41-33(31)44)43-39(27-15-9-7-10-16-27,28-17-11-8-12-18-28)29-19-21-30(45-4)22-20-29;1-34-32(46-36(48-34)19-9-10-20-36)35(21-38,22-44)47-33(34)43-24-41-29-30(39-23-40-31(29)43)42-37(25-11-5-3-6-12-25,26-13-7-4-8-14-26)27-15-17-28(45-2)18-16-27;1-11(21)9(20)12(2-13,3-19)22-10(11)18-5-17-6-7(14)15-4-16-8(6)18/h7-12,15-22,25-26,34-35H,5-6,13-14,23-24H2,1-4H3,(H,40,41,43);3-8,11-18,23-24,32-33,44H,9-10,19-22H2,1-2H3,(H,39,40,42);4-5,9-10,19-21H,2-3H2,1H3,(H2,14,15,16)/t34-,35+,36+;32-,33+,34+,35+;9-,10+,11+,12+/m000/s1. The molecule has 7 aliphatic rings. The largest absolute Gasteiger partial charge is 0.497 e. The molecular weight excluding hydrogens is 1510 g/mol. The van der Waals surface area contributed by atoms with Crippen molar-refractivity contribution in [2.75, 3.05) is 57.1 Å². The monoisotopic (exact) mass is 1610 g/mol. The van der Waals surface area contributed by atoms with Gasteiger partial charge in [-0.1, -0.05) is 159 Å². The van der Waals surface area contributed by atoms with Crippen molar-refractivity contribution < 1.29 is 71.8 Å². The number of anilines is 3. The first-order valence-electron chi connectivity index (χ1n) is 40.1. The molecule has 11 heterocycles. The van der Waals surface area contributed by atoms with E-state index in [1.165, 1.54) is 30.5 Å². The Morgan fingerprint density at radius 3 is 1.15 bits per heavy atom. The third kappa shape index (κ3) is 12.8. The topological polar surface area (TPSA) is 345 Å². The number of aliphatic hydroxyl groups excluding tert-OH is 3. The summed E-state index contributed by atoms with van der Waals surface area (Å²) in [5, 5.41) is 48.3. The molecule has 11 atom stereocenters. The molecule has 616 valence electrons. The van der Waals surface area contributed by atoms with Crippen molar-refractivity contribution >= 4 is 50.9 Å². The van der Waals surface area contributed by atoms with Gasteiger partial charge in [-0.2, -0.15) is 0 Å². The highest BCUT2D eigenvalue weighted by molar-refractivity contribution is 5.86. The van der Waals surface area contributed by atoms with E-state index in [1.54, 1.807) is 31.4 Å². The van der Waals surface area contributed by atoms with E-state index in [2.05, 4.69) is 136 Å². The summed E-state index contributed by atoms with van der Waals surface area (Å²) in [6.45, 7) is 6.20. The van der Waals surface area contributed by atoms with E-state index in [0.29, 0.717) is 46.8 Å². The number of imidazole rings is 3. The van der Waals surface area contributed by atoms with Gasteiger partial charge >= 0.3 is 0 Å². The average Bonchev–Trinajstić information content (AvgIpc) is 1.53. The second-order valence-corrected chi connectivity index (χ2v) is 32.2. The van der Waals surface area contributed by atoms with E-state index in [-0.39, 0.29) is 23.1 Å². The molecule has 28 nitrogen and oxygen atoms in total. The summed E-state index contributed by atoms with van der Waals surface area (Å²) in [7, 11) is 3.33. The maximum Gasteiger partial charge on any atom is 0.170 e. The van der Waals surface area contributed by atoms with Crippen LogP contribution in [0, 0.1) is 0 Å². The van der Waals surface area contributed by atoms with E-state index in [9.17, 15) is 29.2 Å². The first kappa shape index (κ1) is 79.8. The Balaban J connectivity index is 0.000000136. The van der Waals surface area contributed by atoms with Crippen molar-refractivity contribution in [3.05, 3.63) is 241 Å². The Morgan fingerprint density at radius 1 is 0.449 bits per heavy atom. The van der Waals surface area contributed by atoms with Crippen LogP contribution in [-0.4, -0.2) is 183 Å². The lowest BCUT2D eigenvalue weighted by Gasteiger charge is -2.37. The maximum atomic E-state index is 14.9. The van der Waals surface area contributed by atoms with Crippen molar-refractivity contribution in [1.29, 1.82) is 0 Å². The van der Waals surface area contributed by atoms with E-state index in [0.717, 1.165) is 96.2 Å². The van der Waals surface area contributed by atoms with Crippen LogP contribution in [-0.2, 0) is 44.2 Å². The van der Waals surface area contributed by atoms with Crippen LogP contribution in [0.3, 0.4) is 0 Å². The fraction of sp³-hybridized carbons (Fsp3) is 0.420. The molecule has 5 aliphatic heterocycles. The van der Waals surface area contributed by atoms with Crippen LogP contribution in [0.15, 0.2) is 208 Å². The molecule has 6 aromatic carbocycles. The highest BCUT2D eigenvalue weighted by atomic mass is 19.1. The van der Waals surface area contributed by atoms with Gasteiger partial charge in [0.2, 0.25) is 0 Å². The molecule has 118 heavy (non-hydrogen) atoms. The van der Waals surface area contributed by atoms with Crippen molar-refractivity contribution in [3.63, 3.8) is 0 Å². The number of nitrogens with two attached hydrogens (primary N) is 1. The van der Waals surface area contributed by atoms with Gasteiger partial charge in [0.15, 0.2) is 86.9 Å². The number of nitrogens with one attached hydrogen (secondary N) is 2. The number of hydrogen-bond donors (Lipinski definition) is 7. The number of ether oxygens (including phenoxy) is 9. The van der Waals surface area contributed by atoms with Crippen LogP contribution in [0.1, 0.15) is 151 Å². The summed E-state index contributed by atoms with van der Waals surface area (Å²) in [6, 6.07) is 57.3. The van der Waals surface area contributed by atoms with Crippen molar-refractivity contribution in [2.24, 2.45) is 0 Å². The number of methoxy groups -OCH3 is 2. The molecule has 5 saturated heterocycles. The number of rotatable bonds is 21. The summed E-state index contributed by atoms with van der Waals surface area (Å²) in [5.74, 6) is 1.36. The minimum atomic E-state index is -1.91. The summed E-state index contributed by atoms with van der Waals surface area (Å²) in [6.07, 6.45) is 12.7. The maximum absolute atomic E-state index is 14.9. The molecular formula is C88H97F2N15O13. The Hall–Kier alpha value is -10.6. The summed E-state index contributed by atoms with van der Waals surface area (Å²) in [5.41, 5.74) is 5.12. The van der Waals surface area contributed by atoms with Gasteiger partial charge in [0.25, 0.3) is 0 Å². The minimum Gasteiger partial charge on any atom is -0.497 e. The highest BCUT2D eigenvalue weighted by Crippen LogP contribution is 2.62. The van der Waals surface area contributed by atoms with Gasteiger partial charge in [-0.25, -0.2) is 53.6 Å². The van der Waals surface area contributed by atoms with Gasteiger partial charge in [-0.3, -0.25) is 13.7 Å². The third-order valence-electron chi connectivity index (χ3n) is 25.3. The first-order valence-corrected chi connectivity index (χ1v) is 40.1. The lowest BCUT2D eigenvalue weighted by Crippen LogP contribution is -2.52. The van der Waals surface area contributed by atoms with Crippen molar-refractivity contribution in [2.45, 2.75) is 192 Å². The Bertz CT molecular complexity index is 5150. The zero-order valence-electron chi connectivity index (χ0n) is 66.7. The molecule has 19 rings (SSSR count). The zero-order valence-corrected chi connectivity index (χ0v) is 66.7. The molecule has 6 aromatic heterocycles. The SMILES string of the molecule is CCC1(CC)O[C@@H](n2cnc3c(NC(c4ccccc4)(c4ccccc4)c4ccc(OC)cc4)ncnc32)[C@]2(C)OC3(CCCC3)O[C@H]12.COc1ccc(C(Nc2ncnc3c2ncn3[C@@H]2O[C@@](CO)(CF)[C@H]3OC4(CCCC4)O[C@]32C)(c2ccccc2)c2ccccc2)cc1.C[C@@]1(O)[C@H](O)[C@](CO)(CF)O[C@H]1n1cnc2c(N)ncnc21. The van der Waals surface area contributed by atoms with Crippen LogP contribution in [0.2, 0.25) is 0 Å². The quantitative estimate of drug-likeness (QED) is 0.0329. The number of aliphatic hydroxyl groups is 4. The summed E-state index contributed by atoms with van der Waals surface area (Å²) >= 11 is 0. The molecule has 7 fully saturated rings. The van der Waals surface area contributed by atoms with Crippen LogP contribution in [0.4, 0.5) is 26.2 Å². The van der Waals surface area contributed by atoms with Gasteiger partial charge in [-0.05, 0) is 117 Å². The Morgan fingerprint density at radius 2 is 0.788 bits per heavy atom. The van der Waals surface area contributed by atoms with Gasteiger partial charge in [0.05, 0.1) is 52.0 Å². The number of hydrogen-bond acceptors (Lipinski definition) is 25. The fourth-order valence-electron chi connectivity index (χ4n) is 19.2. The number of alkyl halides is 2. The molecule has 2 spiro atoms. The Labute approximate surface area is 680 Å². The molecule has 0 bridgehead atoms. The fourth-order valence-corrected chi connectivity index (χ4v) is 19.2. The molecule has 2 saturated carbocycles. The molecule has 0 unspecified atom stereocenters. The minimum absolute atomic E-state index is 0.140. The second kappa shape index (κ2) is 31.0. The predicted octanol–water partition coefficient (Wildman–Crippen LogP) is 12.4. The number of fused-ring (bicyclic) bond motifs is 5. The zero-order chi connectivity index (χ0) is 82.1. The number of halogens is 2. The van der Waals surface area contributed by atoms with E-state index in [1.807, 2.05) is 103 Å². The molecule has 0 amide bonds. The molecule has 8 N–H and O–H groups in total. The van der Waals surface area contributed by atoms with Crippen LogP contribution < -0.4 is 25.8 Å². The van der Waals surface area contributed by atoms with Crippen LogP contribution in [0.5, 0.6) is 11.5 Å². The number of benzene rings is 6. The predicted molar refractivity (Wildman–Crippen MR) is 432 cm³/mol. The lowest BCUT2D eigenvalue weighted by molar-refractivity contribution is -0.252. The molecule has 30 heteroatoms. The highest BCUT2D eigenvalue weighted by Gasteiger charge is 2.74. The van der Waals surface area contributed by atoms with E-state index < -0.39 is 114 Å². The van der Waals surface area contributed by atoms with Gasteiger partial charge in [0, 0.05) is 25.7 Å². The first-order chi connectivity index (χ1) is 57.2. The Kier molecular flexibility index (Phi) is 20.9. The third-order valence-corrected chi connectivity index (χ3v) is 25.3. The average molecular weight is 1610 g/mol. The van der Waals surface area contributed by atoms with Crippen LogP contribution in [0.25, 0.3) is 33.5 Å². The number of aromatic nitrogens is 12.